The van der Waals surface area contributed by atoms with E-state index >= 15 is 0 Å². The first-order valence-corrected chi connectivity index (χ1v) is 8.53. The Hall–Kier alpha value is -1.00. The molecule has 0 radical (unpaired) electrons. The van der Waals surface area contributed by atoms with Crippen LogP contribution in [0.5, 0.6) is 0 Å². The van der Waals surface area contributed by atoms with Crippen molar-refractivity contribution in [3.63, 3.8) is 0 Å². The van der Waals surface area contributed by atoms with Crippen LogP contribution >= 0.6 is 11.8 Å². The molecule has 0 aliphatic carbocycles. The Kier molecular flexibility index (Phi) is 13.3. The van der Waals surface area contributed by atoms with Gasteiger partial charge in [0.2, 0.25) is 0 Å². The second-order valence-corrected chi connectivity index (χ2v) is 6.06. The summed E-state index contributed by atoms with van der Waals surface area (Å²) in [4.78, 5) is 12.6. The average Bonchev–Trinajstić information content (AvgIpc) is 2.43. The highest BCUT2D eigenvalue weighted by Crippen LogP contribution is 2.15. The largest absolute Gasteiger partial charge is 0.479 e. The summed E-state index contributed by atoms with van der Waals surface area (Å²) < 4.78 is 0. The zero-order valence-electron chi connectivity index (χ0n) is 13.5. The van der Waals surface area contributed by atoms with Crippen LogP contribution in [-0.2, 0) is 4.79 Å². The van der Waals surface area contributed by atoms with E-state index in [4.69, 9.17) is 5.11 Å². The number of unbranched alkanes of at least 4 members (excludes halogenated alkanes) is 3. The first kappa shape index (κ1) is 20.0. The van der Waals surface area contributed by atoms with Gasteiger partial charge in [-0.05, 0) is 45.2 Å². The molecule has 120 valence electrons. The number of nitrogens with zero attached hydrogens (tertiary/aromatic N) is 1. The number of rotatable bonds is 12. The Morgan fingerprint density at radius 3 is 2.29 bits per heavy atom. The molecule has 0 bridgehead atoms. The molecule has 4 heteroatoms. The van der Waals surface area contributed by atoms with Crippen molar-refractivity contribution in [2.45, 2.75) is 50.8 Å². The Morgan fingerprint density at radius 1 is 1.10 bits per heavy atom. The molecule has 0 heterocycles. The van der Waals surface area contributed by atoms with Gasteiger partial charge in [0.25, 0.3) is 0 Å². The van der Waals surface area contributed by atoms with Crippen molar-refractivity contribution in [3.8, 4) is 0 Å². The van der Waals surface area contributed by atoms with Crippen LogP contribution in [0.3, 0.4) is 0 Å². The zero-order chi connectivity index (χ0) is 15.9. The summed E-state index contributed by atoms with van der Waals surface area (Å²) >= 11 is 1.32. The quantitative estimate of drug-likeness (QED) is 0.323. The summed E-state index contributed by atoms with van der Waals surface area (Å²) in [7, 11) is 3.54. The van der Waals surface area contributed by atoms with Gasteiger partial charge in [0.05, 0.1) is 0 Å². The van der Waals surface area contributed by atoms with E-state index in [0.29, 0.717) is 0 Å². The number of carboxylic acid groups (broad SMARTS) is 1. The van der Waals surface area contributed by atoms with Crippen molar-refractivity contribution in [1.82, 2.24) is 4.90 Å². The van der Waals surface area contributed by atoms with E-state index in [-0.39, 0.29) is 0 Å². The van der Waals surface area contributed by atoms with Crippen molar-refractivity contribution in [3.05, 3.63) is 35.8 Å². The van der Waals surface area contributed by atoms with Crippen LogP contribution in [0, 0.1) is 0 Å². The third kappa shape index (κ3) is 12.5. The summed E-state index contributed by atoms with van der Waals surface area (Å²) in [6.45, 7) is 2.22. The number of hydrogen-bond acceptors (Lipinski definition) is 3. The molecule has 21 heavy (non-hydrogen) atoms. The SMILES string of the molecule is CCCCC/C=C\C/C=C\C/C=C\SC(C(=O)O)N(C)C. The fourth-order valence-electron chi connectivity index (χ4n) is 1.66. The van der Waals surface area contributed by atoms with E-state index in [0.717, 1.165) is 12.8 Å². The van der Waals surface area contributed by atoms with Gasteiger partial charge in [0.1, 0.15) is 0 Å². The molecule has 1 atom stereocenters. The van der Waals surface area contributed by atoms with Gasteiger partial charge >= 0.3 is 5.97 Å². The van der Waals surface area contributed by atoms with E-state index in [1.807, 2.05) is 11.5 Å². The molecule has 0 aromatic rings. The molecule has 0 rings (SSSR count). The molecule has 3 nitrogen and oxygen atoms in total. The molecule has 0 fully saturated rings. The Morgan fingerprint density at radius 2 is 1.71 bits per heavy atom. The van der Waals surface area contributed by atoms with Crippen LogP contribution in [0.2, 0.25) is 0 Å². The first-order chi connectivity index (χ1) is 10.1. The lowest BCUT2D eigenvalue weighted by atomic mass is 10.2. The monoisotopic (exact) mass is 311 g/mol. The molecule has 1 unspecified atom stereocenters. The lowest BCUT2D eigenvalue weighted by Crippen LogP contribution is -2.31. The third-order valence-electron chi connectivity index (χ3n) is 2.84. The van der Waals surface area contributed by atoms with Gasteiger partial charge in [-0.1, -0.05) is 50.1 Å². The van der Waals surface area contributed by atoms with Crippen molar-refractivity contribution >= 4 is 17.7 Å². The van der Waals surface area contributed by atoms with Gasteiger partial charge in [0, 0.05) is 0 Å². The summed E-state index contributed by atoms with van der Waals surface area (Å²) in [5.41, 5.74) is 0. The maximum absolute atomic E-state index is 11.0. The van der Waals surface area contributed by atoms with Gasteiger partial charge in [-0.2, -0.15) is 0 Å². The Labute approximate surface area is 133 Å². The topological polar surface area (TPSA) is 40.5 Å². The van der Waals surface area contributed by atoms with Gasteiger partial charge in [-0.25, -0.2) is 4.79 Å². The summed E-state index contributed by atoms with van der Waals surface area (Å²) in [5.74, 6) is -0.807. The summed E-state index contributed by atoms with van der Waals surface area (Å²) in [6.07, 6.45) is 17.6. The number of aliphatic carboxylic acids is 1. The van der Waals surface area contributed by atoms with Crippen molar-refractivity contribution in [1.29, 1.82) is 0 Å². The number of carbonyl (C=O) groups is 1. The molecule has 0 saturated carbocycles. The second-order valence-electron chi connectivity index (χ2n) is 5.07. The van der Waals surface area contributed by atoms with E-state index in [1.165, 1.54) is 37.4 Å². The predicted octanol–water partition coefficient (Wildman–Crippen LogP) is 4.68. The van der Waals surface area contributed by atoms with Crippen LogP contribution in [-0.4, -0.2) is 35.4 Å². The standard InChI is InChI=1S/C17H29NO2S/c1-4-5-6-7-8-9-10-11-12-13-14-15-21-16(17(19)20)18(2)3/h8-9,11-12,14-16H,4-7,10,13H2,1-3H3,(H,19,20)/b9-8-,12-11-,15-14-. The molecule has 0 aromatic carbocycles. The smallest absolute Gasteiger partial charge is 0.331 e. The maximum Gasteiger partial charge on any atom is 0.331 e. The highest BCUT2D eigenvalue weighted by molar-refractivity contribution is 8.03. The Bertz CT molecular complexity index is 349. The van der Waals surface area contributed by atoms with Crippen LogP contribution in [0.15, 0.2) is 35.8 Å². The predicted molar refractivity (Wildman–Crippen MR) is 93.5 cm³/mol. The van der Waals surface area contributed by atoms with E-state index in [2.05, 4.69) is 31.2 Å². The number of thioether (sulfide) groups is 1. The molecule has 1 N–H and O–H groups in total. The van der Waals surface area contributed by atoms with Crippen LogP contribution < -0.4 is 0 Å². The molecule has 0 aromatic heterocycles. The van der Waals surface area contributed by atoms with Crippen LogP contribution in [0.1, 0.15) is 45.4 Å². The lowest BCUT2D eigenvalue weighted by molar-refractivity contribution is -0.138. The first-order valence-electron chi connectivity index (χ1n) is 7.59. The molecular weight excluding hydrogens is 282 g/mol. The molecule has 0 saturated heterocycles. The van der Waals surface area contributed by atoms with Gasteiger partial charge in [-0.3, -0.25) is 4.90 Å². The average molecular weight is 311 g/mol. The Balaban J connectivity index is 3.71. The van der Waals surface area contributed by atoms with Crippen LogP contribution in [0.4, 0.5) is 0 Å². The fraction of sp³-hybridized carbons (Fsp3) is 0.588. The zero-order valence-corrected chi connectivity index (χ0v) is 14.3. The van der Waals surface area contributed by atoms with Gasteiger partial charge < -0.3 is 5.11 Å². The number of carboxylic acids is 1. The van der Waals surface area contributed by atoms with Gasteiger partial charge in [0.15, 0.2) is 5.37 Å². The van der Waals surface area contributed by atoms with Crippen molar-refractivity contribution < 1.29 is 9.90 Å². The van der Waals surface area contributed by atoms with Crippen LogP contribution in [0.25, 0.3) is 0 Å². The highest BCUT2D eigenvalue weighted by atomic mass is 32.2. The minimum atomic E-state index is -0.807. The number of hydrogen-bond donors (Lipinski definition) is 1. The summed E-state index contributed by atoms with van der Waals surface area (Å²) in [6, 6.07) is 0. The molecule has 0 spiro atoms. The van der Waals surface area contributed by atoms with Crippen molar-refractivity contribution in [2.75, 3.05) is 14.1 Å². The minimum Gasteiger partial charge on any atom is -0.479 e. The molecular formula is C17H29NO2S. The molecule has 0 amide bonds. The van der Waals surface area contributed by atoms with Gasteiger partial charge in [-0.15, -0.1) is 11.8 Å². The third-order valence-corrected chi connectivity index (χ3v) is 4.07. The number of allylic oxidation sites excluding steroid dienone is 5. The van der Waals surface area contributed by atoms with E-state index in [9.17, 15) is 4.79 Å². The van der Waals surface area contributed by atoms with E-state index < -0.39 is 11.3 Å². The second kappa shape index (κ2) is 14.0. The van der Waals surface area contributed by atoms with Crippen molar-refractivity contribution in [2.24, 2.45) is 0 Å². The fourth-order valence-corrected chi connectivity index (χ4v) is 2.39. The highest BCUT2D eigenvalue weighted by Gasteiger charge is 2.18. The summed E-state index contributed by atoms with van der Waals surface area (Å²) in [5, 5.41) is 10.4. The molecule has 0 aliphatic rings. The minimum absolute atomic E-state index is 0.517. The maximum atomic E-state index is 11.0. The molecule has 0 aliphatic heterocycles. The van der Waals surface area contributed by atoms with E-state index in [1.54, 1.807) is 19.0 Å². The normalized spacial score (nSPS) is 13.9. The number of likely N-dealkylation sites (N-methyl/N-ethyl adjacent to an activating group) is 1. The lowest BCUT2D eigenvalue weighted by Gasteiger charge is -2.17.